The molecule has 0 radical (unpaired) electrons. The monoisotopic (exact) mass is 232 g/mol. The van der Waals surface area contributed by atoms with Gasteiger partial charge in [0.2, 0.25) is 0 Å². The van der Waals surface area contributed by atoms with Crippen molar-refractivity contribution < 1.29 is 29.3 Å². The van der Waals surface area contributed by atoms with Crippen molar-refractivity contribution in [2.75, 3.05) is 13.2 Å². The SMILES string of the molecule is O=C1OCCCCCCOC(=O)C(O)C1O. The van der Waals surface area contributed by atoms with Gasteiger partial charge in [0.1, 0.15) is 0 Å². The molecule has 0 spiro atoms. The Bertz CT molecular complexity index is 226. The van der Waals surface area contributed by atoms with Crippen LogP contribution >= 0.6 is 0 Å². The van der Waals surface area contributed by atoms with Crippen LogP contribution in [0.1, 0.15) is 25.7 Å². The van der Waals surface area contributed by atoms with Gasteiger partial charge in [-0.05, 0) is 25.7 Å². The smallest absolute Gasteiger partial charge is 0.338 e. The van der Waals surface area contributed by atoms with Gasteiger partial charge in [0.25, 0.3) is 0 Å². The van der Waals surface area contributed by atoms with E-state index >= 15 is 0 Å². The summed E-state index contributed by atoms with van der Waals surface area (Å²) in [5.41, 5.74) is 0. The Labute approximate surface area is 93.2 Å². The zero-order valence-electron chi connectivity index (χ0n) is 8.92. The molecule has 1 saturated heterocycles. The molecule has 1 aliphatic rings. The molecule has 2 N–H and O–H groups in total. The van der Waals surface area contributed by atoms with Crippen molar-refractivity contribution in [3.63, 3.8) is 0 Å². The average Bonchev–Trinajstić information content (AvgIpc) is 2.28. The van der Waals surface area contributed by atoms with Gasteiger partial charge in [-0.15, -0.1) is 0 Å². The van der Waals surface area contributed by atoms with E-state index in [4.69, 9.17) is 0 Å². The van der Waals surface area contributed by atoms with Gasteiger partial charge in [0.05, 0.1) is 13.2 Å². The number of aliphatic hydroxyl groups excluding tert-OH is 2. The summed E-state index contributed by atoms with van der Waals surface area (Å²) in [5, 5.41) is 18.6. The predicted octanol–water partition coefficient (Wildman–Crippen LogP) is -0.631. The summed E-state index contributed by atoms with van der Waals surface area (Å²) in [4.78, 5) is 22.3. The van der Waals surface area contributed by atoms with E-state index < -0.39 is 24.1 Å². The third kappa shape index (κ3) is 3.79. The van der Waals surface area contributed by atoms with Crippen LogP contribution in [0.5, 0.6) is 0 Å². The summed E-state index contributed by atoms with van der Waals surface area (Å²) >= 11 is 0. The molecular formula is C10H16O6. The summed E-state index contributed by atoms with van der Waals surface area (Å²) in [6.07, 6.45) is -0.614. The highest BCUT2D eigenvalue weighted by Gasteiger charge is 2.32. The van der Waals surface area contributed by atoms with Crippen LogP contribution in [0.15, 0.2) is 0 Å². The molecule has 0 amide bonds. The van der Waals surface area contributed by atoms with E-state index in [0.29, 0.717) is 12.8 Å². The Morgan fingerprint density at radius 1 is 0.812 bits per heavy atom. The van der Waals surface area contributed by atoms with Crippen LogP contribution in [0.2, 0.25) is 0 Å². The summed E-state index contributed by atoms with van der Waals surface area (Å²) in [6.45, 7) is 0.384. The van der Waals surface area contributed by atoms with E-state index in [1.165, 1.54) is 0 Å². The topological polar surface area (TPSA) is 93.1 Å². The molecule has 6 heteroatoms. The Morgan fingerprint density at radius 3 is 1.56 bits per heavy atom. The van der Waals surface area contributed by atoms with E-state index in [1.54, 1.807) is 0 Å². The van der Waals surface area contributed by atoms with Crippen LogP contribution in [-0.4, -0.2) is 47.6 Å². The molecule has 1 heterocycles. The summed E-state index contributed by atoms with van der Waals surface area (Å²) in [7, 11) is 0. The van der Waals surface area contributed by atoms with Crippen molar-refractivity contribution >= 4 is 11.9 Å². The lowest BCUT2D eigenvalue weighted by Gasteiger charge is -2.16. The second kappa shape index (κ2) is 6.44. The Morgan fingerprint density at radius 2 is 1.19 bits per heavy atom. The molecule has 1 fully saturated rings. The standard InChI is InChI=1S/C10H16O6/c11-7-8(12)10(14)16-6-4-2-1-3-5-15-9(7)13/h7-8,11-12H,1-6H2. The molecule has 0 saturated carbocycles. The summed E-state index contributed by atoms with van der Waals surface area (Å²) in [5.74, 6) is -1.99. The van der Waals surface area contributed by atoms with E-state index in [1.807, 2.05) is 0 Å². The minimum atomic E-state index is -1.87. The quantitative estimate of drug-likeness (QED) is 0.540. The van der Waals surface area contributed by atoms with Gasteiger partial charge >= 0.3 is 11.9 Å². The largest absolute Gasteiger partial charge is 0.464 e. The number of carbonyl (C=O) groups excluding carboxylic acids is 2. The number of carbonyl (C=O) groups is 2. The number of cyclic esters (lactones) is 2. The Hall–Kier alpha value is -1.14. The zero-order chi connectivity index (χ0) is 12.0. The maximum Gasteiger partial charge on any atom is 0.338 e. The molecule has 0 bridgehead atoms. The minimum Gasteiger partial charge on any atom is -0.464 e. The third-order valence-electron chi connectivity index (χ3n) is 2.31. The third-order valence-corrected chi connectivity index (χ3v) is 2.31. The molecule has 6 nitrogen and oxygen atoms in total. The highest BCUT2D eigenvalue weighted by molar-refractivity contribution is 5.85. The highest BCUT2D eigenvalue weighted by Crippen LogP contribution is 2.06. The number of esters is 2. The Kier molecular flexibility index (Phi) is 5.21. The lowest BCUT2D eigenvalue weighted by atomic mass is 10.2. The fourth-order valence-corrected chi connectivity index (χ4v) is 1.33. The van der Waals surface area contributed by atoms with Gasteiger partial charge in [-0.25, -0.2) is 9.59 Å². The van der Waals surface area contributed by atoms with Crippen molar-refractivity contribution in [1.29, 1.82) is 0 Å². The number of ether oxygens (including phenoxy) is 2. The van der Waals surface area contributed by atoms with Crippen LogP contribution in [0.4, 0.5) is 0 Å². The zero-order valence-corrected chi connectivity index (χ0v) is 8.92. The van der Waals surface area contributed by atoms with Crippen LogP contribution in [0.25, 0.3) is 0 Å². The molecule has 0 aromatic heterocycles. The fourth-order valence-electron chi connectivity index (χ4n) is 1.33. The molecule has 2 unspecified atom stereocenters. The van der Waals surface area contributed by atoms with E-state index in [-0.39, 0.29) is 13.2 Å². The van der Waals surface area contributed by atoms with E-state index in [2.05, 4.69) is 9.47 Å². The summed E-state index contributed by atoms with van der Waals surface area (Å²) < 4.78 is 9.38. The van der Waals surface area contributed by atoms with Crippen molar-refractivity contribution in [3.05, 3.63) is 0 Å². The first-order valence-corrected chi connectivity index (χ1v) is 5.32. The van der Waals surface area contributed by atoms with Crippen LogP contribution in [0, 0.1) is 0 Å². The van der Waals surface area contributed by atoms with Crippen LogP contribution in [0.3, 0.4) is 0 Å². The fraction of sp³-hybridized carbons (Fsp3) is 0.800. The van der Waals surface area contributed by atoms with E-state index in [9.17, 15) is 19.8 Å². The summed E-state index contributed by atoms with van der Waals surface area (Å²) in [6, 6.07) is 0. The lowest BCUT2D eigenvalue weighted by Crippen LogP contribution is -2.42. The van der Waals surface area contributed by atoms with Gasteiger partial charge in [-0.2, -0.15) is 0 Å². The average molecular weight is 232 g/mol. The molecule has 1 rings (SSSR count). The van der Waals surface area contributed by atoms with Gasteiger partial charge in [0, 0.05) is 0 Å². The van der Waals surface area contributed by atoms with Crippen molar-refractivity contribution in [1.82, 2.24) is 0 Å². The first-order chi connectivity index (χ1) is 7.63. The van der Waals surface area contributed by atoms with Gasteiger partial charge in [-0.1, -0.05) is 0 Å². The molecule has 92 valence electrons. The van der Waals surface area contributed by atoms with Gasteiger partial charge in [0.15, 0.2) is 12.2 Å². The maximum absolute atomic E-state index is 11.1. The lowest BCUT2D eigenvalue weighted by molar-refractivity contribution is -0.173. The normalized spacial score (nSPS) is 29.6. The first-order valence-electron chi connectivity index (χ1n) is 5.32. The molecular weight excluding hydrogens is 216 g/mol. The second-order valence-corrected chi connectivity index (χ2v) is 3.64. The number of rotatable bonds is 0. The predicted molar refractivity (Wildman–Crippen MR) is 52.4 cm³/mol. The van der Waals surface area contributed by atoms with E-state index in [0.717, 1.165) is 12.8 Å². The molecule has 1 aliphatic heterocycles. The van der Waals surface area contributed by atoms with Gasteiger partial charge in [-0.3, -0.25) is 0 Å². The number of hydrogen-bond acceptors (Lipinski definition) is 6. The second-order valence-electron chi connectivity index (χ2n) is 3.64. The molecule has 0 aromatic rings. The van der Waals surface area contributed by atoms with Crippen LogP contribution < -0.4 is 0 Å². The number of aliphatic hydroxyl groups is 2. The molecule has 16 heavy (non-hydrogen) atoms. The minimum absolute atomic E-state index is 0.192. The molecule has 0 aliphatic carbocycles. The van der Waals surface area contributed by atoms with Crippen molar-refractivity contribution in [2.24, 2.45) is 0 Å². The van der Waals surface area contributed by atoms with Crippen molar-refractivity contribution in [3.8, 4) is 0 Å². The van der Waals surface area contributed by atoms with Crippen molar-refractivity contribution in [2.45, 2.75) is 37.9 Å². The van der Waals surface area contributed by atoms with Crippen LogP contribution in [-0.2, 0) is 19.1 Å². The maximum atomic E-state index is 11.1. The highest BCUT2D eigenvalue weighted by atomic mass is 16.6. The van der Waals surface area contributed by atoms with Gasteiger partial charge < -0.3 is 19.7 Å². The Balaban J connectivity index is 2.56. The molecule has 0 aromatic carbocycles. The first kappa shape index (κ1) is 12.9. The number of hydrogen-bond donors (Lipinski definition) is 2. The molecule has 2 atom stereocenters.